The van der Waals surface area contributed by atoms with Gasteiger partial charge in [0.15, 0.2) is 6.29 Å². The van der Waals surface area contributed by atoms with Crippen LogP contribution in [0.1, 0.15) is 62.4 Å². The zero-order chi connectivity index (χ0) is 15.9. The van der Waals surface area contributed by atoms with Crippen LogP contribution >= 0.6 is 0 Å². The third kappa shape index (κ3) is 2.64. The Labute approximate surface area is 126 Å². The van der Waals surface area contributed by atoms with E-state index in [0.29, 0.717) is 5.56 Å². The van der Waals surface area contributed by atoms with Crippen LogP contribution in [0.15, 0.2) is 6.20 Å². The van der Waals surface area contributed by atoms with Crippen molar-refractivity contribution in [2.45, 2.75) is 60.0 Å². The van der Waals surface area contributed by atoms with Gasteiger partial charge in [-0.2, -0.15) is 10.2 Å². The predicted molar refractivity (Wildman–Crippen MR) is 83.7 cm³/mol. The molecule has 114 valence electrons. The van der Waals surface area contributed by atoms with Gasteiger partial charge in [0.2, 0.25) is 0 Å². The van der Waals surface area contributed by atoms with Crippen molar-refractivity contribution in [1.82, 2.24) is 19.6 Å². The SMILES string of the molecule is Cc1nn(C(C)C)c(C)c1-c1nn(C(C)(C)C)cc1C=O. The van der Waals surface area contributed by atoms with E-state index < -0.39 is 0 Å². The van der Waals surface area contributed by atoms with Gasteiger partial charge in [-0.3, -0.25) is 14.2 Å². The molecule has 5 nitrogen and oxygen atoms in total. The molecule has 2 aromatic heterocycles. The summed E-state index contributed by atoms with van der Waals surface area (Å²) in [6, 6.07) is 0.279. The summed E-state index contributed by atoms with van der Waals surface area (Å²) in [7, 11) is 0. The molecule has 0 saturated carbocycles. The number of carbonyl (C=O) groups excluding carboxylic acids is 1. The molecule has 0 unspecified atom stereocenters. The lowest BCUT2D eigenvalue weighted by atomic mass is 10.1. The maximum atomic E-state index is 11.4. The van der Waals surface area contributed by atoms with Gasteiger partial charge in [-0.1, -0.05) is 0 Å². The Kier molecular flexibility index (Phi) is 3.78. The summed E-state index contributed by atoms with van der Waals surface area (Å²) in [5.74, 6) is 0. The normalized spacial score (nSPS) is 12.2. The molecule has 0 spiro atoms. The van der Waals surface area contributed by atoms with E-state index in [-0.39, 0.29) is 11.6 Å². The molecule has 0 bridgehead atoms. The Balaban J connectivity index is 2.67. The van der Waals surface area contributed by atoms with Crippen LogP contribution < -0.4 is 0 Å². The minimum absolute atomic E-state index is 0.161. The van der Waals surface area contributed by atoms with E-state index in [1.165, 1.54) is 0 Å². The summed E-state index contributed by atoms with van der Waals surface area (Å²) in [5, 5.41) is 9.23. The summed E-state index contributed by atoms with van der Waals surface area (Å²) in [5.41, 5.74) is 4.09. The average molecular weight is 288 g/mol. The van der Waals surface area contributed by atoms with E-state index >= 15 is 0 Å². The lowest BCUT2D eigenvalue weighted by Crippen LogP contribution is -2.22. The third-order valence-electron chi connectivity index (χ3n) is 3.61. The number of aromatic nitrogens is 4. The largest absolute Gasteiger partial charge is 0.298 e. The van der Waals surface area contributed by atoms with Gasteiger partial charge in [-0.05, 0) is 48.5 Å². The van der Waals surface area contributed by atoms with Gasteiger partial charge in [-0.25, -0.2) is 0 Å². The summed E-state index contributed by atoms with van der Waals surface area (Å²) < 4.78 is 3.83. The van der Waals surface area contributed by atoms with Crippen LogP contribution in [0.25, 0.3) is 11.3 Å². The molecule has 0 saturated heterocycles. The summed E-state index contributed by atoms with van der Waals surface area (Å²) >= 11 is 0. The van der Waals surface area contributed by atoms with Crippen molar-refractivity contribution >= 4 is 6.29 Å². The Bertz CT molecular complexity index is 671. The topological polar surface area (TPSA) is 52.7 Å². The second kappa shape index (κ2) is 5.13. The van der Waals surface area contributed by atoms with Crippen molar-refractivity contribution in [2.75, 3.05) is 0 Å². The fourth-order valence-electron chi connectivity index (χ4n) is 2.52. The molecule has 0 radical (unpaired) electrons. The molecule has 0 fully saturated rings. The minimum atomic E-state index is -0.161. The predicted octanol–water partition coefficient (Wildman–Crippen LogP) is 3.51. The highest BCUT2D eigenvalue weighted by Crippen LogP contribution is 2.30. The summed E-state index contributed by atoms with van der Waals surface area (Å²) in [4.78, 5) is 11.4. The monoisotopic (exact) mass is 288 g/mol. The van der Waals surface area contributed by atoms with Crippen LogP contribution in [-0.4, -0.2) is 25.8 Å². The zero-order valence-corrected chi connectivity index (χ0v) is 13.9. The van der Waals surface area contributed by atoms with Crippen molar-refractivity contribution in [2.24, 2.45) is 0 Å². The molecule has 5 heteroatoms. The maximum absolute atomic E-state index is 11.4. The first-order valence-corrected chi connectivity index (χ1v) is 7.28. The standard InChI is InChI=1S/C16H24N4O/c1-10(2)20-12(4)14(11(3)17-20)15-13(9-21)8-19(18-15)16(5,6)7/h8-10H,1-7H3. The molecule has 0 aliphatic carbocycles. The summed E-state index contributed by atoms with van der Waals surface area (Å²) in [6.45, 7) is 14.4. The lowest BCUT2D eigenvalue weighted by molar-refractivity contribution is 0.112. The number of hydrogen-bond acceptors (Lipinski definition) is 3. The Hall–Kier alpha value is -1.91. The first-order valence-electron chi connectivity index (χ1n) is 7.28. The Morgan fingerprint density at radius 3 is 2.24 bits per heavy atom. The maximum Gasteiger partial charge on any atom is 0.153 e. The van der Waals surface area contributed by atoms with E-state index in [0.717, 1.165) is 28.9 Å². The Morgan fingerprint density at radius 1 is 1.19 bits per heavy atom. The first-order chi connectivity index (χ1) is 9.66. The third-order valence-corrected chi connectivity index (χ3v) is 3.61. The molecule has 21 heavy (non-hydrogen) atoms. The molecular formula is C16H24N4O. The summed E-state index contributed by atoms with van der Waals surface area (Å²) in [6.07, 6.45) is 2.68. The number of aldehydes is 1. The molecule has 0 aliphatic heterocycles. The lowest BCUT2D eigenvalue weighted by Gasteiger charge is -2.18. The Morgan fingerprint density at radius 2 is 1.81 bits per heavy atom. The molecular weight excluding hydrogens is 264 g/mol. The van der Waals surface area contributed by atoms with Crippen molar-refractivity contribution in [3.05, 3.63) is 23.1 Å². The van der Waals surface area contributed by atoms with Crippen molar-refractivity contribution < 1.29 is 4.79 Å². The molecule has 0 aliphatic rings. The van der Waals surface area contributed by atoms with Crippen LogP contribution in [0.2, 0.25) is 0 Å². The number of nitrogens with zero attached hydrogens (tertiary/aromatic N) is 4. The van der Waals surface area contributed by atoms with Gasteiger partial charge >= 0.3 is 0 Å². The minimum Gasteiger partial charge on any atom is -0.298 e. The molecule has 0 N–H and O–H groups in total. The van der Waals surface area contributed by atoms with Crippen LogP contribution in [0.5, 0.6) is 0 Å². The van der Waals surface area contributed by atoms with Crippen molar-refractivity contribution in [3.63, 3.8) is 0 Å². The van der Waals surface area contributed by atoms with E-state index in [1.54, 1.807) is 0 Å². The number of carbonyl (C=O) groups is 1. The highest BCUT2D eigenvalue weighted by molar-refractivity contribution is 5.86. The van der Waals surface area contributed by atoms with Crippen LogP contribution in [-0.2, 0) is 5.54 Å². The van der Waals surface area contributed by atoms with E-state index in [4.69, 9.17) is 0 Å². The quantitative estimate of drug-likeness (QED) is 0.812. The smallest absolute Gasteiger partial charge is 0.153 e. The number of rotatable bonds is 3. The second-order valence-corrected chi connectivity index (χ2v) is 6.75. The molecule has 2 rings (SSSR count). The van der Waals surface area contributed by atoms with Gasteiger partial charge in [0.25, 0.3) is 0 Å². The van der Waals surface area contributed by atoms with Gasteiger partial charge in [0.05, 0.1) is 16.8 Å². The highest BCUT2D eigenvalue weighted by atomic mass is 16.1. The first kappa shape index (κ1) is 15.5. The number of hydrogen-bond donors (Lipinski definition) is 0. The fourth-order valence-corrected chi connectivity index (χ4v) is 2.52. The van der Waals surface area contributed by atoms with Crippen LogP contribution in [0.4, 0.5) is 0 Å². The van der Waals surface area contributed by atoms with Crippen LogP contribution in [0, 0.1) is 13.8 Å². The zero-order valence-electron chi connectivity index (χ0n) is 13.9. The van der Waals surface area contributed by atoms with Gasteiger partial charge in [0.1, 0.15) is 5.69 Å². The van der Waals surface area contributed by atoms with Gasteiger partial charge in [-0.15, -0.1) is 0 Å². The average Bonchev–Trinajstić information content (AvgIpc) is 2.90. The molecule has 0 aromatic carbocycles. The number of aryl methyl sites for hydroxylation is 1. The highest BCUT2D eigenvalue weighted by Gasteiger charge is 2.23. The molecule has 2 aromatic rings. The van der Waals surface area contributed by atoms with E-state index in [2.05, 4.69) is 44.8 Å². The molecule has 0 amide bonds. The second-order valence-electron chi connectivity index (χ2n) is 6.75. The fraction of sp³-hybridized carbons (Fsp3) is 0.562. The molecule has 2 heterocycles. The van der Waals surface area contributed by atoms with E-state index in [9.17, 15) is 4.79 Å². The molecule has 0 atom stereocenters. The van der Waals surface area contributed by atoms with Crippen LogP contribution in [0.3, 0.4) is 0 Å². The van der Waals surface area contributed by atoms with E-state index in [1.807, 2.05) is 29.4 Å². The van der Waals surface area contributed by atoms with Crippen molar-refractivity contribution in [3.8, 4) is 11.3 Å². The van der Waals surface area contributed by atoms with Gasteiger partial charge in [0, 0.05) is 23.5 Å². The van der Waals surface area contributed by atoms with Crippen molar-refractivity contribution in [1.29, 1.82) is 0 Å². The van der Waals surface area contributed by atoms with Gasteiger partial charge < -0.3 is 0 Å².